The molecule has 1 atom stereocenters. The molecule has 2 N–H and O–H groups in total. The summed E-state index contributed by atoms with van der Waals surface area (Å²) in [7, 11) is 0. The molecule has 3 nitrogen and oxygen atoms in total. The molecule has 0 spiro atoms. The molecule has 0 saturated heterocycles. The van der Waals surface area contributed by atoms with E-state index in [1.807, 2.05) is 30.4 Å². The smallest absolute Gasteiger partial charge is 0.304 e. The van der Waals surface area contributed by atoms with E-state index in [9.17, 15) is 4.79 Å². The van der Waals surface area contributed by atoms with Gasteiger partial charge in [0, 0.05) is 28.2 Å². The minimum atomic E-state index is -0.760. The van der Waals surface area contributed by atoms with E-state index in [1.165, 1.54) is 11.1 Å². The van der Waals surface area contributed by atoms with Crippen molar-refractivity contribution in [1.82, 2.24) is 5.32 Å². The van der Waals surface area contributed by atoms with Crippen LogP contribution < -0.4 is 5.32 Å². The van der Waals surface area contributed by atoms with E-state index in [2.05, 4.69) is 23.5 Å². The Bertz CT molecular complexity index is 813. The maximum absolute atomic E-state index is 10.6. The van der Waals surface area contributed by atoms with Crippen LogP contribution in [0.5, 0.6) is 0 Å². The first-order valence-electron chi connectivity index (χ1n) is 8.72. The van der Waals surface area contributed by atoms with Gasteiger partial charge in [-0.3, -0.25) is 4.79 Å². The van der Waals surface area contributed by atoms with Gasteiger partial charge in [0.2, 0.25) is 0 Å². The second-order valence-corrected chi connectivity index (χ2v) is 7.35. The van der Waals surface area contributed by atoms with Crippen molar-refractivity contribution < 1.29 is 9.90 Å². The lowest BCUT2D eigenvalue weighted by molar-refractivity contribution is -0.136. The molecule has 0 bridgehead atoms. The van der Waals surface area contributed by atoms with Gasteiger partial charge in [-0.1, -0.05) is 59.6 Å². The first-order chi connectivity index (χ1) is 12.5. The lowest BCUT2D eigenvalue weighted by Crippen LogP contribution is -2.35. The van der Waals surface area contributed by atoms with E-state index in [1.54, 1.807) is 0 Å². The number of aryl methyl sites for hydroxylation is 1. The number of rotatable bonds is 6. The van der Waals surface area contributed by atoms with Gasteiger partial charge >= 0.3 is 5.97 Å². The van der Waals surface area contributed by atoms with E-state index in [0.29, 0.717) is 22.6 Å². The topological polar surface area (TPSA) is 49.3 Å². The average Bonchev–Trinajstić information content (AvgIpc) is 2.61. The molecule has 0 heterocycles. The van der Waals surface area contributed by atoms with Gasteiger partial charge in [0.15, 0.2) is 0 Å². The Morgan fingerprint density at radius 1 is 1.15 bits per heavy atom. The Morgan fingerprint density at radius 3 is 2.65 bits per heavy atom. The van der Waals surface area contributed by atoms with Gasteiger partial charge in [-0.05, 0) is 48.1 Å². The fourth-order valence-corrected chi connectivity index (χ4v) is 3.81. The zero-order valence-electron chi connectivity index (χ0n) is 14.3. The molecule has 1 aliphatic carbocycles. The third-order valence-electron chi connectivity index (χ3n) is 4.67. The van der Waals surface area contributed by atoms with Crippen LogP contribution in [0.25, 0.3) is 12.2 Å². The predicted octanol–water partition coefficient (Wildman–Crippen LogP) is 5.09. The highest BCUT2D eigenvalue weighted by atomic mass is 35.5. The van der Waals surface area contributed by atoms with Crippen molar-refractivity contribution in [3.8, 4) is 0 Å². The van der Waals surface area contributed by atoms with Crippen LogP contribution in [0.3, 0.4) is 0 Å². The number of aliphatic carboxylic acids is 1. The molecule has 1 unspecified atom stereocenters. The van der Waals surface area contributed by atoms with Crippen molar-refractivity contribution in [2.24, 2.45) is 0 Å². The van der Waals surface area contributed by atoms with Gasteiger partial charge in [0.05, 0.1) is 6.42 Å². The standard InChI is InChI=1S/C21H21Cl2NO2/c22-19-2-1-3-20(23)18(19)9-5-14-4-6-16-13-17(8-7-15(16)12-14)24-11-10-21(25)26/h1-6,9,12,17,24H,7-8,10-11,13H2,(H,25,26). The number of nitrogens with one attached hydrogen (secondary N) is 1. The fourth-order valence-electron chi connectivity index (χ4n) is 3.29. The van der Waals surface area contributed by atoms with Crippen molar-refractivity contribution in [2.75, 3.05) is 6.54 Å². The van der Waals surface area contributed by atoms with E-state index in [-0.39, 0.29) is 6.42 Å². The van der Waals surface area contributed by atoms with E-state index >= 15 is 0 Å². The Hall–Kier alpha value is -1.81. The van der Waals surface area contributed by atoms with Crippen LogP contribution in [-0.2, 0) is 17.6 Å². The summed E-state index contributed by atoms with van der Waals surface area (Å²) in [6, 6.07) is 12.3. The summed E-state index contributed by atoms with van der Waals surface area (Å²) in [5.41, 5.74) is 4.64. The molecular formula is C21H21Cl2NO2. The quantitative estimate of drug-likeness (QED) is 0.676. The molecule has 2 aromatic carbocycles. The van der Waals surface area contributed by atoms with E-state index in [0.717, 1.165) is 30.4 Å². The first-order valence-corrected chi connectivity index (χ1v) is 9.47. The van der Waals surface area contributed by atoms with Crippen LogP contribution in [-0.4, -0.2) is 23.7 Å². The number of benzene rings is 2. The molecule has 0 aliphatic heterocycles. The summed E-state index contributed by atoms with van der Waals surface area (Å²) >= 11 is 12.4. The second kappa shape index (κ2) is 8.72. The monoisotopic (exact) mass is 389 g/mol. The number of fused-ring (bicyclic) bond motifs is 1. The number of hydrogen-bond donors (Lipinski definition) is 2. The largest absolute Gasteiger partial charge is 0.481 e. The zero-order valence-corrected chi connectivity index (χ0v) is 15.9. The van der Waals surface area contributed by atoms with Gasteiger partial charge in [0.25, 0.3) is 0 Å². The van der Waals surface area contributed by atoms with Crippen LogP contribution in [0.15, 0.2) is 36.4 Å². The summed E-state index contributed by atoms with van der Waals surface area (Å²) < 4.78 is 0. The average molecular weight is 390 g/mol. The summed E-state index contributed by atoms with van der Waals surface area (Å²) in [6.07, 6.45) is 7.10. The van der Waals surface area contributed by atoms with Crippen LogP contribution in [0.4, 0.5) is 0 Å². The molecule has 1 aliphatic rings. The minimum absolute atomic E-state index is 0.164. The summed E-state index contributed by atoms with van der Waals surface area (Å²) in [5.74, 6) is -0.760. The Balaban J connectivity index is 1.67. The van der Waals surface area contributed by atoms with Crippen molar-refractivity contribution in [1.29, 1.82) is 0 Å². The molecule has 136 valence electrons. The molecule has 0 radical (unpaired) electrons. The first kappa shape index (κ1) is 19.0. The Labute approximate surface area is 163 Å². The molecule has 0 amide bonds. The van der Waals surface area contributed by atoms with Gasteiger partial charge in [-0.2, -0.15) is 0 Å². The number of halogens is 2. The highest BCUT2D eigenvalue weighted by molar-refractivity contribution is 6.37. The van der Waals surface area contributed by atoms with Gasteiger partial charge < -0.3 is 10.4 Å². The molecular weight excluding hydrogens is 369 g/mol. The number of carbonyl (C=O) groups is 1. The highest BCUT2D eigenvalue weighted by Crippen LogP contribution is 2.27. The minimum Gasteiger partial charge on any atom is -0.481 e. The number of carboxylic acid groups (broad SMARTS) is 1. The van der Waals surface area contributed by atoms with Crippen molar-refractivity contribution in [3.05, 3.63) is 68.7 Å². The molecule has 2 aromatic rings. The second-order valence-electron chi connectivity index (χ2n) is 6.53. The van der Waals surface area contributed by atoms with Crippen LogP contribution >= 0.6 is 23.2 Å². The summed E-state index contributed by atoms with van der Waals surface area (Å²) in [4.78, 5) is 10.6. The van der Waals surface area contributed by atoms with Crippen molar-refractivity contribution >= 4 is 41.3 Å². The zero-order chi connectivity index (χ0) is 18.5. The van der Waals surface area contributed by atoms with Gasteiger partial charge in [0.1, 0.15) is 0 Å². The lowest BCUT2D eigenvalue weighted by Gasteiger charge is -2.25. The van der Waals surface area contributed by atoms with E-state index in [4.69, 9.17) is 28.3 Å². The molecule has 0 aromatic heterocycles. The Morgan fingerprint density at radius 2 is 1.92 bits per heavy atom. The normalized spacial score (nSPS) is 16.6. The lowest BCUT2D eigenvalue weighted by atomic mass is 9.87. The molecule has 0 saturated carbocycles. The molecule has 5 heteroatoms. The maximum Gasteiger partial charge on any atom is 0.304 e. The molecule has 26 heavy (non-hydrogen) atoms. The Kier molecular flexibility index (Phi) is 6.36. The van der Waals surface area contributed by atoms with Crippen LogP contribution in [0.1, 0.15) is 35.1 Å². The third-order valence-corrected chi connectivity index (χ3v) is 5.33. The summed E-state index contributed by atoms with van der Waals surface area (Å²) in [6.45, 7) is 0.523. The van der Waals surface area contributed by atoms with Crippen molar-refractivity contribution in [2.45, 2.75) is 31.7 Å². The SMILES string of the molecule is O=C(O)CCNC1CCc2cc(C=Cc3c(Cl)cccc3Cl)ccc2C1. The van der Waals surface area contributed by atoms with Gasteiger partial charge in [-0.25, -0.2) is 0 Å². The number of carboxylic acids is 1. The molecule has 0 fully saturated rings. The van der Waals surface area contributed by atoms with Crippen molar-refractivity contribution in [3.63, 3.8) is 0 Å². The van der Waals surface area contributed by atoms with Crippen LogP contribution in [0.2, 0.25) is 10.0 Å². The maximum atomic E-state index is 10.6. The molecule has 3 rings (SSSR count). The summed E-state index contributed by atoms with van der Waals surface area (Å²) in [5, 5.41) is 13.4. The predicted molar refractivity (Wildman–Crippen MR) is 108 cm³/mol. The van der Waals surface area contributed by atoms with E-state index < -0.39 is 5.97 Å². The third kappa shape index (κ3) is 4.88. The number of hydrogen-bond acceptors (Lipinski definition) is 2. The fraction of sp³-hybridized carbons (Fsp3) is 0.286. The van der Waals surface area contributed by atoms with Crippen LogP contribution in [0, 0.1) is 0 Å². The highest BCUT2D eigenvalue weighted by Gasteiger charge is 2.18. The van der Waals surface area contributed by atoms with Gasteiger partial charge in [-0.15, -0.1) is 0 Å².